The maximum Gasteiger partial charge on any atom is 0.476 e. The average Bonchev–Trinajstić information content (AvgIpc) is 2.10. The molecule has 3 N–H and O–H groups in total. The van der Waals surface area contributed by atoms with Gasteiger partial charge in [0.1, 0.15) is 6.10 Å². The predicted octanol–water partition coefficient (Wildman–Crippen LogP) is -0.863. The molecule has 2 atom stereocenters. The molecule has 0 spiro atoms. The Morgan fingerprint density at radius 2 is 1.87 bits per heavy atom. The molecule has 8 heteroatoms. The third kappa shape index (κ3) is 8.95. The second kappa shape index (κ2) is 5.91. The van der Waals surface area contributed by atoms with E-state index in [4.69, 9.17) is 15.1 Å². The SMILES string of the molecule is C[N+](C)(C)COP(=O)(O)OCC(O)CO. The first-order valence-electron chi connectivity index (χ1n) is 4.37. The third-order valence-corrected chi connectivity index (χ3v) is 2.17. The zero-order valence-electron chi connectivity index (χ0n) is 9.16. The van der Waals surface area contributed by atoms with E-state index in [-0.39, 0.29) is 6.73 Å². The van der Waals surface area contributed by atoms with Crippen LogP contribution in [-0.4, -0.2) is 66.8 Å². The summed E-state index contributed by atoms with van der Waals surface area (Å²) in [6.45, 7) is -0.972. The van der Waals surface area contributed by atoms with Gasteiger partial charge in [-0.3, -0.25) is 4.52 Å². The molecular formula is C7H19NO6P+. The van der Waals surface area contributed by atoms with Crippen LogP contribution in [0.2, 0.25) is 0 Å². The number of hydrogen-bond donors (Lipinski definition) is 3. The molecule has 0 aromatic carbocycles. The Morgan fingerprint density at radius 1 is 1.33 bits per heavy atom. The van der Waals surface area contributed by atoms with Crippen LogP contribution in [0.4, 0.5) is 0 Å². The Kier molecular flexibility index (Phi) is 5.90. The Labute approximate surface area is 89.1 Å². The van der Waals surface area contributed by atoms with Crippen LogP contribution in [0.1, 0.15) is 0 Å². The first-order chi connectivity index (χ1) is 6.66. The molecule has 0 radical (unpaired) electrons. The zero-order chi connectivity index (χ0) is 12.1. The van der Waals surface area contributed by atoms with Gasteiger partial charge < -0.3 is 19.6 Å². The highest BCUT2D eigenvalue weighted by Gasteiger charge is 2.25. The van der Waals surface area contributed by atoms with E-state index in [9.17, 15) is 4.57 Å². The molecule has 0 amide bonds. The van der Waals surface area contributed by atoms with Gasteiger partial charge in [-0.25, -0.2) is 9.09 Å². The lowest BCUT2D eigenvalue weighted by Crippen LogP contribution is -2.36. The van der Waals surface area contributed by atoms with E-state index in [0.717, 1.165) is 0 Å². The van der Waals surface area contributed by atoms with Crippen molar-refractivity contribution in [1.82, 2.24) is 0 Å². The number of quaternary nitrogens is 1. The first kappa shape index (κ1) is 15.0. The number of hydrogen-bond acceptors (Lipinski definition) is 5. The van der Waals surface area contributed by atoms with Crippen LogP contribution in [0.3, 0.4) is 0 Å². The molecule has 0 heterocycles. The van der Waals surface area contributed by atoms with Crippen molar-refractivity contribution in [3.05, 3.63) is 0 Å². The molecule has 0 bridgehead atoms. The van der Waals surface area contributed by atoms with E-state index < -0.39 is 27.1 Å². The van der Waals surface area contributed by atoms with Crippen LogP contribution >= 0.6 is 7.82 Å². The average molecular weight is 244 g/mol. The third-order valence-electron chi connectivity index (χ3n) is 1.25. The van der Waals surface area contributed by atoms with E-state index in [1.165, 1.54) is 0 Å². The summed E-state index contributed by atoms with van der Waals surface area (Å²) in [6.07, 6.45) is -1.18. The van der Waals surface area contributed by atoms with Crippen LogP contribution in [0.5, 0.6) is 0 Å². The Morgan fingerprint density at radius 3 is 2.27 bits per heavy atom. The number of aliphatic hydroxyl groups excluding tert-OH is 2. The van der Waals surface area contributed by atoms with E-state index >= 15 is 0 Å². The van der Waals surface area contributed by atoms with Gasteiger partial charge in [0.05, 0.1) is 34.4 Å². The summed E-state index contributed by atoms with van der Waals surface area (Å²) >= 11 is 0. The molecular weight excluding hydrogens is 225 g/mol. The lowest BCUT2D eigenvalue weighted by Gasteiger charge is -2.24. The molecule has 0 saturated heterocycles. The molecule has 92 valence electrons. The Hall–Kier alpha value is -0.0100. The van der Waals surface area contributed by atoms with Crippen LogP contribution < -0.4 is 0 Å². The molecule has 0 aliphatic rings. The van der Waals surface area contributed by atoms with E-state index in [2.05, 4.69) is 9.05 Å². The molecule has 0 aromatic rings. The van der Waals surface area contributed by atoms with Gasteiger partial charge in [0.25, 0.3) is 0 Å². The van der Waals surface area contributed by atoms with Crippen molar-refractivity contribution in [2.45, 2.75) is 6.10 Å². The topological polar surface area (TPSA) is 96.2 Å². The summed E-state index contributed by atoms with van der Waals surface area (Å²) in [6, 6.07) is 0. The minimum atomic E-state index is -4.14. The Balaban J connectivity index is 3.93. The van der Waals surface area contributed by atoms with E-state index in [1.54, 1.807) is 21.1 Å². The molecule has 0 aliphatic heterocycles. The fourth-order valence-corrected chi connectivity index (χ4v) is 1.44. The van der Waals surface area contributed by atoms with Gasteiger partial charge >= 0.3 is 7.82 Å². The standard InChI is InChI=1S/C7H18NO6P/c1-8(2,3)6-14-15(11,12)13-5-7(10)4-9/h7,9-10H,4-6H2,1-3H3/p+1. The predicted molar refractivity (Wildman–Crippen MR) is 52.9 cm³/mol. The van der Waals surface area contributed by atoms with E-state index in [0.29, 0.717) is 4.48 Å². The number of phosphoric acid groups is 1. The molecule has 0 rings (SSSR count). The summed E-state index contributed by atoms with van der Waals surface area (Å²) in [5.41, 5.74) is 0. The van der Waals surface area contributed by atoms with Crippen molar-refractivity contribution in [1.29, 1.82) is 0 Å². The van der Waals surface area contributed by atoms with Crippen molar-refractivity contribution in [2.75, 3.05) is 41.1 Å². The number of aliphatic hydroxyl groups is 2. The number of nitrogens with zero attached hydrogens (tertiary/aromatic N) is 1. The van der Waals surface area contributed by atoms with Crippen molar-refractivity contribution in [3.63, 3.8) is 0 Å². The van der Waals surface area contributed by atoms with Gasteiger partial charge in [0.2, 0.25) is 0 Å². The van der Waals surface area contributed by atoms with Gasteiger partial charge in [-0.05, 0) is 0 Å². The van der Waals surface area contributed by atoms with Gasteiger partial charge in [-0.2, -0.15) is 0 Å². The second-order valence-electron chi connectivity index (χ2n) is 4.15. The Bertz CT molecular complexity index is 228. The smallest absolute Gasteiger partial charge is 0.394 e. The van der Waals surface area contributed by atoms with Gasteiger partial charge in [0.15, 0.2) is 6.73 Å². The van der Waals surface area contributed by atoms with Crippen molar-refractivity contribution < 1.29 is 33.2 Å². The second-order valence-corrected chi connectivity index (χ2v) is 5.60. The molecule has 0 aliphatic carbocycles. The maximum atomic E-state index is 11.2. The van der Waals surface area contributed by atoms with Gasteiger partial charge in [0, 0.05) is 0 Å². The molecule has 0 saturated carbocycles. The summed E-state index contributed by atoms with van der Waals surface area (Å²) in [7, 11) is 1.20. The quantitative estimate of drug-likeness (QED) is 0.306. The zero-order valence-corrected chi connectivity index (χ0v) is 10.1. The van der Waals surface area contributed by atoms with E-state index in [1.807, 2.05) is 0 Å². The summed E-state index contributed by atoms with van der Waals surface area (Å²) < 4.78 is 20.6. The number of rotatable bonds is 7. The van der Waals surface area contributed by atoms with Gasteiger partial charge in [-0.15, -0.1) is 0 Å². The van der Waals surface area contributed by atoms with Crippen molar-refractivity contribution >= 4 is 7.82 Å². The largest absolute Gasteiger partial charge is 0.476 e. The van der Waals surface area contributed by atoms with Crippen molar-refractivity contribution in [2.24, 2.45) is 0 Å². The highest BCUT2D eigenvalue weighted by Crippen LogP contribution is 2.43. The normalized spacial score (nSPS) is 18.5. The van der Waals surface area contributed by atoms with Crippen molar-refractivity contribution in [3.8, 4) is 0 Å². The van der Waals surface area contributed by atoms with Crippen LogP contribution in [0.25, 0.3) is 0 Å². The highest BCUT2D eigenvalue weighted by atomic mass is 31.2. The minimum Gasteiger partial charge on any atom is -0.394 e. The lowest BCUT2D eigenvalue weighted by atomic mass is 10.4. The summed E-state index contributed by atoms with van der Waals surface area (Å²) in [5.74, 6) is 0. The lowest BCUT2D eigenvalue weighted by molar-refractivity contribution is -0.887. The maximum absolute atomic E-state index is 11.2. The fraction of sp³-hybridized carbons (Fsp3) is 1.00. The fourth-order valence-electron chi connectivity index (χ4n) is 0.516. The summed E-state index contributed by atoms with van der Waals surface area (Å²) in [4.78, 5) is 9.13. The molecule has 15 heavy (non-hydrogen) atoms. The molecule has 0 aromatic heterocycles. The molecule has 0 fully saturated rings. The molecule has 2 unspecified atom stereocenters. The molecule has 7 nitrogen and oxygen atoms in total. The minimum absolute atomic E-state index is 0.00297. The summed E-state index contributed by atoms with van der Waals surface area (Å²) in [5, 5.41) is 17.3. The van der Waals surface area contributed by atoms with Crippen LogP contribution in [-0.2, 0) is 13.6 Å². The number of phosphoric ester groups is 1. The van der Waals surface area contributed by atoms with Gasteiger partial charge in [-0.1, -0.05) is 0 Å². The first-order valence-corrected chi connectivity index (χ1v) is 5.87. The van der Waals surface area contributed by atoms with Crippen LogP contribution in [0, 0.1) is 0 Å². The highest BCUT2D eigenvalue weighted by molar-refractivity contribution is 7.47. The monoisotopic (exact) mass is 244 g/mol. The van der Waals surface area contributed by atoms with Crippen LogP contribution in [0.15, 0.2) is 0 Å².